The molecule has 1 aromatic rings. The van der Waals surface area contributed by atoms with E-state index in [2.05, 4.69) is 12.6 Å². The van der Waals surface area contributed by atoms with Crippen LogP contribution < -0.4 is 15.4 Å². The molecule has 0 radical (unpaired) electrons. The van der Waals surface area contributed by atoms with Gasteiger partial charge in [-0.05, 0) is 17.7 Å². The number of thiol groups is 1. The van der Waals surface area contributed by atoms with Gasteiger partial charge in [-0.25, -0.2) is 4.90 Å². The molecule has 0 fully saturated rings. The molecule has 17 heavy (non-hydrogen) atoms. The van der Waals surface area contributed by atoms with E-state index in [1.165, 1.54) is 0 Å². The van der Waals surface area contributed by atoms with Gasteiger partial charge in [0.1, 0.15) is 5.75 Å². The second-order valence-electron chi connectivity index (χ2n) is 3.58. The number of imide groups is 1. The van der Waals surface area contributed by atoms with E-state index in [1.807, 2.05) is 0 Å². The van der Waals surface area contributed by atoms with E-state index in [-0.39, 0.29) is 24.2 Å². The number of amides is 2. The molecule has 6 heteroatoms. The molecule has 5 nitrogen and oxygen atoms in total. The van der Waals surface area contributed by atoms with Crippen molar-refractivity contribution in [1.29, 1.82) is 0 Å². The molecule has 2 N–H and O–H groups in total. The molecular weight excluding hydrogens is 240 g/mol. The van der Waals surface area contributed by atoms with Gasteiger partial charge in [0, 0.05) is 6.54 Å². The van der Waals surface area contributed by atoms with Gasteiger partial charge >= 0.3 is 0 Å². The Labute approximate surface area is 104 Å². The third-order valence-electron chi connectivity index (χ3n) is 2.49. The fraction of sp³-hybridized carbons (Fsp3) is 0.273. The summed E-state index contributed by atoms with van der Waals surface area (Å²) in [6, 6.07) is 5.20. The lowest BCUT2D eigenvalue weighted by atomic mass is 10.1. The number of benzene rings is 1. The van der Waals surface area contributed by atoms with Crippen molar-refractivity contribution in [2.24, 2.45) is 5.73 Å². The molecule has 1 heterocycles. The van der Waals surface area contributed by atoms with Gasteiger partial charge in [-0.3, -0.25) is 9.59 Å². The van der Waals surface area contributed by atoms with E-state index in [4.69, 9.17) is 10.5 Å². The van der Waals surface area contributed by atoms with Crippen molar-refractivity contribution < 1.29 is 14.3 Å². The van der Waals surface area contributed by atoms with Crippen molar-refractivity contribution in [3.8, 4) is 5.75 Å². The van der Waals surface area contributed by atoms with Crippen LogP contribution in [0.2, 0.25) is 0 Å². The Morgan fingerprint density at radius 3 is 2.94 bits per heavy atom. The fourth-order valence-electron chi connectivity index (χ4n) is 1.67. The van der Waals surface area contributed by atoms with Crippen LogP contribution in [0.5, 0.6) is 5.75 Å². The zero-order valence-electron chi connectivity index (χ0n) is 9.05. The van der Waals surface area contributed by atoms with E-state index >= 15 is 0 Å². The molecule has 1 aromatic carbocycles. The number of nitrogens with zero attached hydrogens (tertiary/aromatic N) is 1. The number of anilines is 1. The minimum absolute atomic E-state index is 0.0297. The molecule has 2 rings (SSSR count). The van der Waals surface area contributed by atoms with Gasteiger partial charge in [0.2, 0.25) is 5.91 Å². The van der Waals surface area contributed by atoms with Crippen LogP contribution in [0.4, 0.5) is 5.69 Å². The summed E-state index contributed by atoms with van der Waals surface area (Å²) in [5.74, 6) is -0.266. The summed E-state index contributed by atoms with van der Waals surface area (Å²) >= 11 is 3.90. The number of hydrogen-bond donors (Lipinski definition) is 2. The molecular formula is C11H12N2O3S. The van der Waals surface area contributed by atoms with Crippen LogP contribution in [0.15, 0.2) is 18.2 Å². The number of carbonyl (C=O) groups is 2. The molecule has 0 spiro atoms. The summed E-state index contributed by atoms with van der Waals surface area (Å²) in [4.78, 5) is 24.5. The van der Waals surface area contributed by atoms with Crippen molar-refractivity contribution in [3.63, 3.8) is 0 Å². The molecule has 0 saturated heterocycles. The van der Waals surface area contributed by atoms with Crippen LogP contribution in [0.25, 0.3) is 0 Å². The van der Waals surface area contributed by atoms with Crippen LogP contribution >= 0.6 is 12.6 Å². The van der Waals surface area contributed by atoms with E-state index in [0.29, 0.717) is 18.0 Å². The number of carbonyl (C=O) groups excluding carboxylic acids is 2. The summed E-state index contributed by atoms with van der Waals surface area (Å²) in [5.41, 5.74) is 6.81. The van der Waals surface area contributed by atoms with Crippen molar-refractivity contribution in [2.45, 2.75) is 6.54 Å². The van der Waals surface area contributed by atoms with Gasteiger partial charge in [0.05, 0.1) is 11.4 Å². The monoisotopic (exact) mass is 252 g/mol. The summed E-state index contributed by atoms with van der Waals surface area (Å²) in [7, 11) is 0. The SMILES string of the molecule is NCc1ccc2c(c1)N(C(=O)CS)C(=O)CO2. The van der Waals surface area contributed by atoms with Crippen molar-refractivity contribution in [3.05, 3.63) is 23.8 Å². The molecule has 1 aliphatic rings. The standard InChI is InChI=1S/C11H12N2O3S/c12-4-7-1-2-9-8(3-7)13(11(15)6-17)10(14)5-16-9/h1-3,17H,4-6,12H2. The Balaban J connectivity index is 2.48. The number of nitrogens with two attached hydrogens (primary N) is 1. The van der Waals surface area contributed by atoms with E-state index < -0.39 is 0 Å². The van der Waals surface area contributed by atoms with E-state index in [0.717, 1.165) is 10.5 Å². The maximum absolute atomic E-state index is 11.7. The highest BCUT2D eigenvalue weighted by Gasteiger charge is 2.30. The molecule has 1 aliphatic heterocycles. The zero-order chi connectivity index (χ0) is 12.4. The first-order chi connectivity index (χ1) is 8.17. The molecule has 0 aliphatic carbocycles. The third kappa shape index (κ3) is 2.13. The van der Waals surface area contributed by atoms with Gasteiger partial charge in [0.15, 0.2) is 6.61 Å². The Morgan fingerprint density at radius 1 is 1.53 bits per heavy atom. The van der Waals surface area contributed by atoms with Gasteiger partial charge in [-0.15, -0.1) is 0 Å². The topological polar surface area (TPSA) is 72.6 Å². The maximum Gasteiger partial charge on any atom is 0.271 e. The summed E-state index contributed by atoms with van der Waals surface area (Å²) < 4.78 is 5.25. The summed E-state index contributed by atoms with van der Waals surface area (Å²) in [6.07, 6.45) is 0. The van der Waals surface area contributed by atoms with Crippen LogP contribution in [0, 0.1) is 0 Å². The van der Waals surface area contributed by atoms with Crippen molar-refractivity contribution in [2.75, 3.05) is 17.3 Å². The van der Waals surface area contributed by atoms with Crippen molar-refractivity contribution in [1.82, 2.24) is 0 Å². The highest BCUT2D eigenvalue weighted by Crippen LogP contribution is 2.33. The molecule has 0 unspecified atom stereocenters. The Morgan fingerprint density at radius 2 is 2.29 bits per heavy atom. The predicted molar refractivity (Wildman–Crippen MR) is 66.2 cm³/mol. The smallest absolute Gasteiger partial charge is 0.271 e. The zero-order valence-corrected chi connectivity index (χ0v) is 9.94. The summed E-state index contributed by atoms with van der Waals surface area (Å²) in [5, 5.41) is 0. The number of fused-ring (bicyclic) bond motifs is 1. The van der Waals surface area contributed by atoms with Crippen molar-refractivity contribution >= 4 is 30.1 Å². The lowest BCUT2D eigenvalue weighted by Crippen LogP contribution is -2.43. The molecule has 0 atom stereocenters. The lowest BCUT2D eigenvalue weighted by molar-refractivity contribution is -0.127. The minimum atomic E-state index is -0.384. The predicted octanol–water partition coefficient (Wildman–Crippen LogP) is 0.327. The fourth-order valence-corrected chi connectivity index (χ4v) is 1.81. The largest absolute Gasteiger partial charge is 0.482 e. The first kappa shape index (κ1) is 11.9. The molecule has 0 saturated carbocycles. The third-order valence-corrected chi connectivity index (χ3v) is 2.76. The quantitative estimate of drug-likeness (QED) is 0.744. The molecule has 0 aromatic heterocycles. The normalized spacial score (nSPS) is 14.2. The van der Waals surface area contributed by atoms with Crippen LogP contribution in [0.3, 0.4) is 0 Å². The van der Waals surface area contributed by atoms with Crippen LogP contribution in [-0.4, -0.2) is 24.2 Å². The minimum Gasteiger partial charge on any atom is -0.482 e. The maximum atomic E-state index is 11.7. The average Bonchev–Trinajstić information content (AvgIpc) is 2.37. The van der Waals surface area contributed by atoms with Crippen LogP contribution in [-0.2, 0) is 16.1 Å². The summed E-state index contributed by atoms with van der Waals surface area (Å²) in [6.45, 7) is 0.207. The highest BCUT2D eigenvalue weighted by molar-refractivity contribution is 7.81. The van der Waals surface area contributed by atoms with E-state index in [1.54, 1.807) is 18.2 Å². The number of ether oxygens (including phenoxy) is 1. The second-order valence-corrected chi connectivity index (χ2v) is 3.89. The Hall–Kier alpha value is -1.53. The van der Waals surface area contributed by atoms with Crippen LogP contribution in [0.1, 0.15) is 5.56 Å². The van der Waals surface area contributed by atoms with Gasteiger partial charge in [-0.1, -0.05) is 6.07 Å². The molecule has 2 amide bonds. The second kappa shape index (κ2) is 4.77. The Bertz CT molecular complexity index is 476. The molecule has 90 valence electrons. The van der Waals surface area contributed by atoms with Gasteiger partial charge < -0.3 is 10.5 Å². The first-order valence-electron chi connectivity index (χ1n) is 5.10. The van der Waals surface area contributed by atoms with Gasteiger partial charge in [-0.2, -0.15) is 12.6 Å². The Kier molecular flexibility index (Phi) is 3.35. The molecule has 0 bridgehead atoms. The first-order valence-corrected chi connectivity index (χ1v) is 5.73. The average molecular weight is 252 g/mol. The highest BCUT2D eigenvalue weighted by atomic mass is 32.1. The van der Waals surface area contributed by atoms with E-state index in [9.17, 15) is 9.59 Å². The number of hydrogen-bond acceptors (Lipinski definition) is 5. The lowest BCUT2D eigenvalue weighted by Gasteiger charge is -2.27. The number of rotatable bonds is 2. The van der Waals surface area contributed by atoms with Gasteiger partial charge in [0.25, 0.3) is 5.91 Å².